The number of nitrogens with zero attached hydrogens (tertiary/aromatic N) is 1. The van der Waals surface area contributed by atoms with E-state index in [1.807, 2.05) is 0 Å². The zero-order valence-electron chi connectivity index (χ0n) is 8.80. The lowest BCUT2D eigenvalue weighted by Crippen LogP contribution is -2.33. The highest BCUT2D eigenvalue weighted by molar-refractivity contribution is 5.56. The van der Waals surface area contributed by atoms with Crippen molar-refractivity contribution in [3.8, 4) is 0 Å². The molecule has 1 saturated heterocycles. The van der Waals surface area contributed by atoms with Crippen molar-refractivity contribution in [1.29, 1.82) is 0 Å². The van der Waals surface area contributed by atoms with Crippen LogP contribution in [0.15, 0.2) is 15.8 Å². The lowest BCUT2D eigenvalue weighted by Gasteiger charge is -2.13. The first-order chi connectivity index (χ1) is 7.61. The van der Waals surface area contributed by atoms with Gasteiger partial charge in [0.25, 0.3) is 5.56 Å². The molecule has 1 fully saturated rings. The van der Waals surface area contributed by atoms with Crippen molar-refractivity contribution in [1.82, 2.24) is 9.55 Å². The Bertz CT molecular complexity index is 516. The van der Waals surface area contributed by atoms with E-state index >= 15 is 0 Å². The molecule has 6 heteroatoms. The molecular weight excluding hydrogens is 212 g/mol. The Morgan fingerprint density at radius 2 is 2.25 bits per heavy atom. The quantitative estimate of drug-likeness (QED) is 0.700. The second-order valence-electron chi connectivity index (χ2n) is 3.82. The van der Waals surface area contributed by atoms with Gasteiger partial charge in [-0.3, -0.25) is 14.3 Å². The molecular formula is C10H12N2O4. The molecule has 1 aliphatic heterocycles. The fourth-order valence-electron chi connectivity index (χ4n) is 1.75. The molecule has 0 spiro atoms. The number of aromatic amines is 1. The lowest BCUT2D eigenvalue weighted by molar-refractivity contribution is -0.119. The zero-order chi connectivity index (χ0) is 11.7. The Morgan fingerprint density at radius 1 is 1.50 bits per heavy atom. The molecule has 0 amide bonds. The van der Waals surface area contributed by atoms with E-state index in [2.05, 4.69) is 4.98 Å². The standard InChI is InChI=1S/C10H12N2O4/c1-6-4-12(10(15)11-9(6)14)8-3-2-7(5-13)16-8/h4-5,7-8H,2-3H2,1H3,(H,11,14,15)/t7-,8+/m0/s1. The van der Waals surface area contributed by atoms with Crippen molar-refractivity contribution in [3.05, 3.63) is 32.6 Å². The molecule has 86 valence electrons. The predicted octanol–water partition coefficient (Wildman–Crippen LogP) is -0.278. The summed E-state index contributed by atoms with van der Waals surface area (Å²) in [7, 11) is 0. The van der Waals surface area contributed by atoms with Gasteiger partial charge >= 0.3 is 5.69 Å². The first-order valence-electron chi connectivity index (χ1n) is 5.04. The minimum atomic E-state index is -0.507. The van der Waals surface area contributed by atoms with Crippen molar-refractivity contribution in [3.63, 3.8) is 0 Å². The summed E-state index contributed by atoms with van der Waals surface area (Å²) in [6.07, 6.45) is 2.46. The number of rotatable bonds is 2. The van der Waals surface area contributed by atoms with Crippen molar-refractivity contribution >= 4 is 6.29 Å². The van der Waals surface area contributed by atoms with E-state index in [1.165, 1.54) is 10.8 Å². The molecule has 0 bridgehead atoms. The number of hydrogen-bond donors (Lipinski definition) is 1. The van der Waals surface area contributed by atoms with E-state index in [1.54, 1.807) is 6.92 Å². The van der Waals surface area contributed by atoms with E-state index < -0.39 is 23.6 Å². The minimum Gasteiger partial charge on any atom is -0.347 e. The monoisotopic (exact) mass is 224 g/mol. The van der Waals surface area contributed by atoms with Crippen LogP contribution >= 0.6 is 0 Å². The van der Waals surface area contributed by atoms with Crippen molar-refractivity contribution in [2.75, 3.05) is 0 Å². The largest absolute Gasteiger partial charge is 0.347 e. The molecule has 0 radical (unpaired) electrons. The van der Waals surface area contributed by atoms with E-state index in [-0.39, 0.29) is 0 Å². The maximum atomic E-state index is 11.5. The normalized spacial score (nSPS) is 24.6. The fraction of sp³-hybridized carbons (Fsp3) is 0.500. The number of hydrogen-bond acceptors (Lipinski definition) is 4. The lowest BCUT2D eigenvalue weighted by atomic mass is 10.2. The van der Waals surface area contributed by atoms with Crippen LogP contribution in [0.25, 0.3) is 0 Å². The van der Waals surface area contributed by atoms with Crippen LogP contribution in [-0.2, 0) is 9.53 Å². The van der Waals surface area contributed by atoms with Gasteiger partial charge in [-0.05, 0) is 19.8 Å². The molecule has 1 N–H and O–H groups in total. The second-order valence-corrected chi connectivity index (χ2v) is 3.82. The minimum absolute atomic E-state index is 0.397. The van der Waals surface area contributed by atoms with E-state index in [4.69, 9.17) is 4.74 Å². The summed E-state index contributed by atoms with van der Waals surface area (Å²) in [6.45, 7) is 1.61. The third-order valence-electron chi connectivity index (χ3n) is 2.64. The average Bonchev–Trinajstić information content (AvgIpc) is 2.71. The molecule has 16 heavy (non-hydrogen) atoms. The van der Waals surface area contributed by atoms with Crippen LogP contribution in [0.1, 0.15) is 24.6 Å². The summed E-state index contributed by atoms with van der Waals surface area (Å²) < 4.78 is 6.66. The van der Waals surface area contributed by atoms with Crippen LogP contribution in [-0.4, -0.2) is 21.9 Å². The number of aryl methyl sites for hydroxylation is 1. The molecule has 0 aromatic carbocycles. The number of aldehydes is 1. The molecule has 1 aromatic heterocycles. The van der Waals surface area contributed by atoms with Crippen LogP contribution in [0.2, 0.25) is 0 Å². The number of aromatic nitrogens is 2. The SMILES string of the molecule is Cc1cn([C@H]2CC[C@@H](C=O)O2)c(=O)[nH]c1=O. The Balaban J connectivity index is 2.35. The topological polar surface area (TPSA) is 81.2 Å². The van der Waals surface area contributed by atoms with E-state index in [0.717, 1.165) is 6.29 Å². The summed E-state index contributed by atoms with van der Waals surface area (Å²) in [6, 6.07) is 0. The van der Waals surface area contributed by atoms with Crippen LogP contribution in [0.4, 0.5) is 0 Å². The number of nitrogens with one attached hydrogen (secondary N) is 1. The summed E-state index contributed by atoms with van der Waals surface area (Å²) in [4.78, 5) is 35.4. The Morgan fingerprint density at radius 3 is 2.88 bits per heavy atom. The summed E-state index contributed by atoms with van der Waals surface area (Å²) in [5.74, 6) is 0. The van der Waals surface area contributed by atoms with Gasteiger partial charge < -0.3 is 9.53 Å². The van der Waals surface area contributed by atoms with E-state index in [0.29, 0.717) is 18.4 Å². The molecule has 0 aliphatic carbocycles. The van der Waals surface area contributed by atoms with Gasteiger partial charge in [0.15, 0.2) is 0 Å². The Labute approximate surface area is 90.9 Å². The highest BCUT2D eigenvalue weighted by Crippen LogP contribution is 2.25. The molecule has 0 unspecified atom stereocenters. The maximum Gasteiger partial charge on any atom is 0.330 e. The highest BCUT2D eigenvalue weighted by atomic mass is 16.5. The van der Waals surface area contributed by atoms with Gasteiger partial charge in [0.2, 0.25) is 0 Å². The Kier molecular flexibility index (Phi) is 2.74. The highest BCUT2D eigenvalue weighted by Gasteiger charge is 2.26. The maximum absolute atomic E-state index is 11.5. The van der Waals surface area contributed by atoms with Gasteiger partial charge in [0.05, 0.1) is 0 Å². The van der Waals surface area contributed by atoms with Gasteiger partial charge in [-0.2, -0.15) is 0 Å². The predicted molar refractivity (Wildman–Crippen MR) is 55.3 cm³/mol. The van der Waals surface area contributed by atoms with Crippen LogP contribution in [0, 0.1) is 6.92 Å². The molecule has 1 aliphatic rings. The molecule has 2 rings (SSSR count). The summed E-state index contributed by atoms with van der Waals surface area (Å²) in [5.41, 5.74) is -0.462. The van der Waals surface area contributed by atoms with Crippen molar-refractivity contribution in [2.24, 2.45) is 0 Å². The number of H-pyrrole nitrogens is 1. The van der Waals surface area contributed by atoms with Crippen LogP contribution in [0.3, 0.4) is 0 Å². The molecule has 1 aromatic rings. The smallest absolute Gasteiger partial charge is 0.330 e. The first kappa shape index (κ1) is 10.8. The van der Waals surface area contributed by atoms with Crippen LogP contribution in [0.5, 0.6) is 0 Å². The summed E-state index contributed by atoms with van der Waals surface area (Å²) in [5, 5.41) is 0. The second kappa shape index (κ2) is 4.05. The zero-order valence-corrected chi connectivity index (χ0v) is 8.80. The van der Waals surface area contributed by atoms with Gasteiger partial charge in [0.1, 0.15) is 18.6 Å². The number of carbonyl (C=O) groups is 1. The van der Waals surface area contributed by atoms with E-state index in [9.17, 15) is 14.4 Å². The third kappa shape index (κ3) is 1.83. The summed E-state index contributed by atoms with van der Waals surface area (Å²) >= 11 is 0. The average molecular weight is 224 g/mol. The molecule has 6 nitrogen and oxygen atoms in total. The fourth-order valence-corrected chi connectivity index (χ4v) is 1.75. The van der Waals surface area contributed by atoms with Gasteiger partial charge in [-0.15, -0.1) is 0 Å². The van der Waals surface area contributed by atoms with Crippen molar-refractivity contribution in [2.45, 2.75) is 32.1 Å². The van der Waals surface area contributed by atoms with Gasteiger partial charge in [-0.1, -0.05) is 0 Å². The molecule has 0 saturated carbocycles. The number of ether oxygens (including phenoxy) is 1. The van der Waals surface area contributed by atoms with Gasteiger partial charge in [-0.25, -0.2) is 4.79 Å². The third-order valence-corrected chi connectivity index (χ3v) is 2.64. The molecule has 2 atom stereocenters. The van der Waals surface area contributed by atoms with Crippen LogP contribution < -0.4 is 11.2 Å². The van der Waals surface area contributed by atoms with Gasteiger partial charge in [0, 0.05) is 11.8 Å². The first-order valence-corrected chi connectivity index (χ1v) is 5.04. The Hall–Kier alpha value is -1.69. The van der Waals surface area contributed by atoms with Crippen molar-refractivity contribution < 1.29 is 9.53 Å². The molecule has 2 heterocycles. The number of carbonyl (C=O) groups excluding carboxylic acids is 1.